The number of aliphatic hydroxyl groups is 3. The van der Waals surface area contributed by atoms with Crippen molar-refractivity contribution in [3.63, 3.8) is 0 Å². The number of nitrogens with zero attached hydrogens (tertiary/aromatic N) is 2. The summed E-state index contributed by atoms with van der Waals surface area (Å²) in [6, 6.07) is 1.06. The van der Waals surface area contributed by atoms with Gasteiger partial charge in [-0.15, -0.1) is 0 Å². The highest BCUT2D eigenvalue weighted by atomic mass is 35.5. The molecule has 11 heteroatoms. The molecule has 10 nitrogen and oxygen atoms in total. The van der Waals surface area contributed by atoms with E-state index in [2.05, 4.69) is 18.7 Å². The van der Waals surface area contributed by atoms with Crippen molar-refractivity contribution in [1.82, 2.24) is 9.80 Å². The van der Waals surface area contributed by atoms with Gasteiger partial charge in [0.05, 0.1) is 11.6 Å². The molecule has 4 aliphatic rings. The maximum atomic E-state index is 13.9. The molecule has 0 bridgehead atoms. The molecule has 210 valence electrons. The first-order chi connectivity index (χ1) is 18.2. The Balaban J connectivity index is 1.65. The summed E-state index contributed by atoms with van der Waals surface area (Å²) in [6.45, 7) is 4.80. The molecule has 1 aliphatic heterocycles. The molecule has 6 N–H and O–H groups in total. The predicted octanol–water partition coefficient (Wildman–Crippen LogP) is 1.99. The molecule has 2 fully saturated rings. The molecule has 1 saturated carbocycles. The highest BCUT2D eigenvalue weighted by Gasteiger charge is 2.64. The summed E-state index contributed by atoms with van der Waals surface area (Å²) in [5.74, 6) is -6.78. The van der Waals surface area contributed by atoms with E-state index in [1.54, 1.807) is 14.1 Å². The van der Waals surface area contributed by atoms with E-state index in [-0.39, 0.29) is 29.7 Å². The number of fused-ring (bicyclic) bond motifs is 3. The lowest BCUT2D eigenvalue weighted by atomic mass is 9.57. The number of likely N-dealkylation sites (N-methyl/N-ethyl adjacent to an activating group) is 1. The minimum absolute atomic E-state index is 0.00237. The average molecular weight is 560 g/mol. The fraction of sp³-hybridized carbons (Fsp3) is 0.536. The number of carbonyl (C=O) groups is 3. The molecule has 1 aromatic rings. The van der Waals surface area contributed by atoms with Crippen LogP contribution in [0.3, 0.4) is 0 Å². The third-order valence-corrected chi connectivity index (χ3v) is 9.69. The van der Waals surface area contributed by atoms with Crippen molar-refractivity contribution in [1.29, 1.82) is 0 Å². The highest BCUT2D eigenvalue weighted by Crippen LogP contribution is 2.53. The molecule has 0 radical (unpaired) electrons. The van der Waals surface area contributed by atoms with Gasteiger partial charge in [-0.05, 0) is 76.7 Å². The predicted molar refractivity (Wildman–Crippen MR) is 143 cm³/mol. The lowest BCUT2D eigenvalue weighted by molar-refractivity contribution is -0.153. The second-order valence-electron chi connectivity index (χ2n) is 11.6. The van der Waals surface area contributed by atoms with Crippen molar-refractivity contribution in [3.8, 4) is 5.75 Å². The van der Waals surface area contributed by atoms with Gasteiger partial charge in [0.15, 0.2) is 11.4 Å². The zero-order valence-electron chi connectivity index (χ0n) is 22.4. The number of primary amides is 1. The van der Waals surface area contributed by atoms with Gasteiger partial charge in [0, 0.05) is 35.1 Å². The van der Waals surface area contributed by atoms with E-state index in [1.165, 1.54) is 11.0 Å². The molecule has 39 heavy (non-hydrogen) atoms. The summed E-state index contributed by atoms with van der Waals surface area (Å²) >= 11 is 6.88. The van der Waals surface area contributed by atoms with Crippen LogP contribution < -0.4 is 5.73 Å². The van der Waals surface area contributed by atoms with Crippen LogP contribution in [-0.4, -0.2) is 85.5 Å². The molecule has 1 aromatic carbocycles. The van der Waals surface area contributed by atoms with Crippen molar-refractivity contribution in [2.24, 2.45) is 17.6 Å². The Morgan fingerprint density at radius 2 is 1.79 bits per heavy atom. The molecular weight excluding hydrogens is 526 g/mol. The maximum Gasteiger partial charge on any atom is 0.255 e. The van der Waals surface area contributed by atoms with Crippen molar-refractivity contribution < 1.29 is 34.8 Å². The number of benzene rings is 1. The summed E-state index contributed by atoms with van der Waals surface area (Å²) in [4.78, 5) is 43.0. The maximum absolute atomic E-state index is 13.9. The van der Waals surface area contributed by atoms with Gasteiger partial charge in [0.1, 0.15) is 22.8 Å². The van der Waals surface area contributed by atoms with Crippen molar-refractivity contribution >= 4 is 34.8 Å². The molecule has 6 atom stereocenters. The number of hydrogen-bond donors (Lipinski definition) is 5. The Morgan fingerprint density at radius 3 is 2.36 bits per heavy atom. The molecule has 1 amide bonds. The minimum Gasteiger partial charge on any atom is -0.508 e. The fourth-order valence-electron chi connectivity index (χ4n) is 7.22. The molecule has 1 heterocycles. The van der Waals surface area contributed by atoms with Crippen LogP contribution in [-0.2, 0) is 27.3 Å². The summed E-state index contributed by atoms with van der Waals surface area (Å²) < 4.78 is 0. The van der Waals surface area contributed by atoms with Gasteiger partial charge in [-0.3, -0.25) is 24.2 Å². The van der Waals surface area contributed by atoms with E-state index < -0.39 is 58.0 Å². The number of rotatable bonds is 4. The number of nitrogens with two attached hydrogens (primary N) is 1. The monoisotopic (exact) mass is 559 g/mol. The van der Waals surface area contributed by atoms with Crippen LogP contribution in [0, 0.1) is 11.8 Å². The van der Waals surface area contributed by atoms with Gasteiger partial charge < -0.3 is 26.2 Å². The molecule has 0 spiro atoms. The number of phenolic OH excluding ortho intramolecular Hbond substituents is 1. The number of phenols is 1. The smallest absolute Gasteiger partial charge is 0.255 e. The van der Waals surface area contributed by atoms with Gasteiger partial charge >= 0.3 is 0 Å². The third kappa shape index (κ3) is 3.83. The molecule has 3 aliphatic carbocycles. The quantitative estimate of drug-likeness (QED) is 0.347. The van der Waals surface area contributed by atoms with Crippen LogP contribution >= 0.6 is 11.6 Å². The van der Waals surface area contributed by atoms with E-state index in [0.29, 0.717) is 34.8 Å². The van der Waals surface area contributed by atoms with Crippen molar-refractivity contribution in [2.75, 3.05) is 14.1 Å². The van der Waals surface area contributed by atoms with E-state index in [1.807, 2.05) is 0 Å². The lowest BCUT2D eigenvalue weighted by Crippen LogP contribution is -2.65. The second-order valence-corrected chi connectivity index (χ2v) is 12.0. The molecular formula is C28H34ClN3O7. The van der Waals surface area contributed by atoms with Gasteiger partial charge in [0.2, 0.25) is 5.78 Å². The first-order valence-electron chi connectivity index (χ1n) is 13.1. The van der Waals surface area contributed by atoms with E-state index >= 15 is 0 Å². The Morgan fingerprint density at radius 1 is 1.18 bits per heavy atom. The standard InChI is InChI=1S/C28H34ClN3O7/c1-11-5-6-12(2)32(11)10-14-9-17(33)19-15(21(14)29)7-13-8-16-22(31(3)4)24(35)20(27(30)38)26(37)28(16,39)25(36)18(13)23(19)34/h9,11-13,16,22,33-34,37,39H,5-8,10H2,1-4H3,(H2,30,38)/t11-,12-,13+,16+,22+,28+/m1/s1. The van der Waals surface area contributed by atoms with Gasteiger partial charge in [0.25, 0.3) is 5.91 Å². The summed E-state index contributed by atoms with van der Waals surface area (Å²) in [5, 5.41) is 45.3. The zero-order valence-corrected chi connectivity index (χ0v) is 23.1. The van der Waals surface area contributed by atoms with Gasteiger partial charge in [-0.1, -0.05) is 11.6 Å². The number of carbonyl (C=O) groups excluding carboxylic acids is 3. The number of aliphatic hydroxyl groups excluding tert-OH is 2. The lowest BCUT2D eigenvalue weighted by Gasteiger charge is -2.50. The van der Waals surface area contributed by atoms with Crippen molar-refractivity contribution in [3.05, 3.63) is 44.7 Å². The van der Waals surface area contributed by atoms with Crippen LogP contribution in [0.5, 0.6) is 5.75 Å². The number of Topliss-reactive ketones (excluding diaryl/α,β-unsaturated/α-hetero) is 2. The average Bonchev–Trinajstić information content (AvgIpc) is 3.16. The first-order valence-corrected chi connectivity index (χ1v) is 13.5. The number of aromatic hydroxyl groups is 1. The summed E-state index contributed by atoms with van der Waals surface area (Å²) in [7, 11) is 3.13. The van der Waals surface area contributed by atoms with Crippen LogP contribution in [0.15, 0.2) is 23.0 Å². The summed E-state index contributed by atoms with van der Waals surface area (Å²) in [5.41, 5.74) is 2.85. The summed E-state index contributed by atoms with van der Waals surface area (Å²) in [6.07, 6.45) is 2.30. The van der Waals surface area contributed by atoms with Crippen molar-refractivity contribution in [2.45, 2.75) is 69.8 Å². The topological polar surface area (TPSA) is 165 Å². The minimum atomic E-state index is -2.66. The number of hydrogen-bond acceptors (Lipinski definition) is 9. The fourth-order valence-corrected chi connectivity index (χ4v) is 7.50. The number of likely N-dealkylation sites (tertiary alicyclic amines) is 1. The van der Waals surface area contributed by atoms with Gasteiger partial charge in [-0.25, -0.2) is 0 Å². The molecule has 0 aromatic heterocycles. The van der Waals surface area contributed by atoms with E-state index in [4.69, 9.17) is 17.3 Å². The van der Waals surface area contributed by atoms with Gasteiger partial charge in [-0.2, -0.15) is 0 Å². The van der Waals surface area contributed by atoms with Crippen LogP contribution in [0.4, 0.5) is 0 Å². The SMILES string of the molecule is C[C@@H]1CC[C@@H](C)N1Cc1cc(O)c2c(c1Cl)C[C@H]1C[C@H]3[C@H](N(C)C)C(=O)C(C(N)=O)=C(O)[C@@]3(O)C(=O)C1=C2O. The normalized spacial score (nSPS) is 32.9. The zero-order chi connectivity index (χ0) is 28.7. The molecule has 0 unspecified atom stereocenters. The first kappa shape index (κ1) is 27.6. The van der Waals surface area contributed by atoms with E-state index in [9.17, 15) is 34.8 Å². The van der Waals surface area contributed by atoms with E-state index in [0.717, 1.165) is 12.8 Å². The Bertz CT molecular complexity index is 1360. The molecule has 1 saturated heterocycles. The largest absolute Gasteiger partial charge is 0.508 e. The Labute approximate surface area is 231 Å². The highest BCUT2D eigenvalue weighted by molar-refractivity contribution is 6.32. The number of amides is 1. The van der Waals surface area contributed by atoms with Crippen LogP contribution in [0.2, 0.25) is 5.02 Å². The van der Waals surface area contributed by atoms with Crippen LogP contribution in [0.25, 0.3) is 5.76 Å². The number of halogens is 1. The Hall–Kier alpha value is -2.92. The third-order valence-electron chi connectivity index (χ3n) is 9.22. The number of ketones is 2. The molecule has 5 rings (SSSR count). The van der Waals surface area contributed by atoms with Crippen LogP contribution in [0.1, 0.15) is 49.8 Å². The second kappa shape index (κ2) is 9.33. The Kier molecular flexibility index (Phi) is 6.61.